The molecule has 0 amide bonds. The largest absolute Gasteiger partial charge is 0.385 e. The van der Waals surface area contributed by atoms with Gasteiger partial charge in [0.15, 0.2) is 0 Å². The van der Waals surface area contributed by atoms with Gasteiger partial charge in [0.2, 0.25) is 0 Å². The summed E-state index contributed by atoms with van der Waals surface area (Å²) >= 11 is 0. The molecule has 17 heavy (non-hydrogen) atoms. The van der Waals surface area contributed by atoms with Crippen molar-refractivity contribution in [3.8, 4) is 6.07 Å². The first-order valence-electron chi connectivity index (χ1n) is 6.11. The average molecular weight is 243 g/mol. The van der Waals surface area contributed by atoms with Crippen LogP contribution in [0.4, 0.5) is 0 Å². The average Bonchev–Trinajstić information content (AvgIpc) is 2.35. The summed E-state index contributed by atoms with van der Waals surface area (Å²) in [6, 6.07) is 2.16. The molecule has 100 valence electrons. The van der Waals surface area contributed by atoms with Gasteiger partial charge in [-0.3, -0.25) is 4.90 Å². The summed E-state index contributed by atoms with van der Waals surface area (Å²) in [5.74, 6) is 0. The quantitative estimate of drug-likeness (QED) is 0.535. The van der Waals surface area contributed by atoms with Crippen molar-refractivity contribution in [2.75, 3.05) is 53.6 Å². The molecule has 0 aromatic heterocycles. The number of rotatable bonds is 11. The van der Waals surface area contributed by atoms with Gasteiger partial charge in [-0.2, -0.15) is 5.26 Å². The van der Waals surface area contributed by atoms with Gasteiger partial charge >= 0.3 is 0 Å². The van der Waals surface area contributed by atoms with E-state index in [0.29, 0.717) is 6.61 Å². The van der Waals surface area contributed by atoms with Crippen molar-refractivity contribution < 1.29 is 9.47 Å². The Morgan fingerprint density at radius 2 is 1.94 bits per heavy atom. The van der Waals surface area contributed by atoms with Gasteiger partial charge in [-0.1, -0.05) is 6.92 Å². The highest BCUT2D eigenvalue weighted by Gasteiger charge is 2.12. The minimum atomic E-state index is -0.112. The van der Waals surface area contributed by atoms with E-state index in [9.17, 15) is 0 Å². The van der Waals surface area contributed by atoms with E-state index in [2.05, 4.69) is 16.3 Å². The predicted octanol–water partition coefficient (Wildman–Crippen LogP) is 0.473. The van der Waals surface area contributed by atoms with Crippen LogP contribution in [0.5, 0.6) is 0 Å². The molecule has 0 saturated heterocycles. The van der Waals surface area contributed by atoms with Gasteiger partial charge in [-0.15, -0.1) is 0 Å². The lowest BCUT2D eigenvalue weighted by molar-refractivity contribution is 0.130. The maximum atomic E-state index is 9.01. The van der Waals surface area contributed by atoms with Gasteiger partial charge in [0.05, 0.1) is 12.7 Å². The monoisotopic (exact) mass is 243 g/mol. The fourth-order valence-electron chi connectivity index (χ4n) is 1.60. The molecule has 0 radical (unpaired) electrons. The lowest BCUT2D eigenvalue weighted by Crippen LogP contribution is -2.42. The minimum absolute atomic E-state index is 0.112. The van der Waals surface area contributed by atoms with Crippen molar-refractivity contribution in [3.63, 3.8) is 0 Å². The fourth-order valence-corrected chi connectivity index (χ4v) is 1.60. The smallest absolute Gasteiger partial charge is 0.108 e. The van der Waals surface area contributed by atoms with Crippen LogP contribution in [0.15, 0.2) is 0 Å². The van der Waals surface area contributed by atoms with E-state index >= 15 is 0 Å². The summed E-state index contributed by atoms with van der Waals surface area (Å²) in [6.07, 6.45) is 0.977. The molecule has 0 aliphatic rings. The Balaban J connectivity index is 4.01. The third kappa shape index (κ3) is 9.07. The second kappa shape index (κ2) is 11.8. The van der Waals surface area contributed by atoms with Gasteiger partial charge in [-0.25, -0.2) is 0 Å². The molecule has 0 rings (SSSR count). The minimum Gasteiger partial charge on any atom is -0.385 e. The highest BCUT2D eigenvalue weighted by atomic mass is 16.5. The molecule has 0 fully saturated rings. The number of hydrogen-bond donors (Lipinski definition) is 1. The summed E-state index contributed by atoms with van der Waals surface area (Å²) < 4.78 is 10.1. The second-order valence-corrected chi connectivity index (χ2v) is 3.88. The van der Waals surface area contributed by atoms with Crippen LogP contribution in [0, 0.1) is 11.3 Å². The van der Waals surface area contributed by atoms with Gasteiger partial charge in [0.1, 0.15) is 6.04 Å². The summed E-state index contributed by atoms with van der Waals surface area (Å²) in [4.78, 5) is 2.24. The zero-order chi connectivity index (χ0) is 12.9. The van der Waals surface area contributed by atoms with Crippen molar-refractivity contribution in [3.05, 3.63) is 0 Å². The van der Waals surface area contributed by atoms with Crippen molar-refractivity contribution >= 4 is 0 Å². The van der Waals surface area contributed by atoms with Crippen LogP contribution in [0.2, 0.25) is 0 Å². The summed E-state index contributed by atoms with van der Waals surface area (Å²) in [5.41, 5.74) is 0. The molecule has 1 atom stereocenters. The predicted molar refractivity (Wildman–Crippen MR) is 67.9 cm³/mol. The molecule has 0 saturated carbocycles. The van der Waals surface area contributed by atoms with Gasteiger partial charge in [-0.05, 0) is 13.0 Å². The molecule has 1 unspecified atom stereocenters. The van der Waals surface area contributed by atoms with E-state index in [4.69, 9.17) is 14.7 Å². The maximum absolute atomic E-state index is 9.01. The van der Waals surface area contributed by atoms with E-state index in [-0.39, 0.29) is 6.04 Å². The molecule has 0 aliphatic heterocycles. The molecule has 5 heteroatoms. The molecule has 0 aromatic carbocycles. The number of ether oxygens (including phenoxy) is 2. The third-order valence-electron chi connectivity index (χ3n) is 2.48. The Labute approximate surface area is 105 Å². The molecule has 0 heterocycles. The Hall–Kier alpha value is -0.670. The first kappa shape index (κ1) is 16.3. The summed E-state index contributed by atoms with van der Waals surface area (Å²) in [7, 11) is 3.40. The Kier molecular flexibility index (Phi) is 11.3. The molecule has 0 spiro atoms. The van der Waals surface area contributed by atoms with Crippen LogP contribution in [-0.2, 0) is 9.47 Å². The number of nitriles is 1. The summed E-state index contributed by atoms with van der Waals surface area (Å²) in [6.45, 7) is 6.78. The van der Waals surface area contributed by atoms with Gasteiger partial charge in [0, 0.05) is 40.5 Å². The van der Waals surface area contributed by atoms with E-state index in [1.807, 2.05) is 6.92 Å². The maximum Gasteiger partial charge on any atom is 0.108 e. The third-order valence-corrected chi connectivity index (χ3v) is 2.48. The van der Waals surface area contributed by atoms with Crippen LogP contribution in [0.3, 0.4) is 0 Å². The highest BCUT2D eigenvalue weighted by molar-refractivity contribution is 4.91. The molecule has 0 aromatic rings. The van der Waals surface area contributed by atoms with Crippen LogP contribution in [-0.4, -0.2) is 64.6 Å². The topological polar surface area (TPSA) is 57.5 Å². The van der Waals surface area contributed by atoms with Crippen molar-refractivity contribution in [2.45, 2.75) is 19.4 Å². The summed E-state index contributed by atoms with van der Waals surface area (Å²) in [5, 5.41) is 12.2. The van der Waals surface area contributed by atoms with Crippen LogP contribution in [0.1, 0.15) is 13.3 Å². The molecule has 0 aliphatic carbocycles. The number of hydrogen-bond acceptors (Lipinski definition) is 5. The molecule has 5 nitrogen and oxygen atoms in total. The van der Waals surface area contributed by atoms with Gasteiger partial charge < -0.3 is 14.8 Å². The number of nitrogens with zero attached hydrogens (tertiary/aromatic N) is 2. The SMILES string of the molecule is CCNC(C#N)CN(CCCOC)CCOC. The zero-order valence-corrected chi connectivity index (χ0v) is 11.2. The fraction of sp³-hybridized carbons (Fsp3) is 0.917. The Bertz CT molecular complexity index is 206. The first-order chi connectivity index (χ1) is 8.28. The lowest BCUT2D eigenvalue weighted by atomic mass is 10.2. The van der Waals surface area contributed by atoms with Crippen molar-refractivity contribution in [2.24, 2.45) is 0 Å². The first-order valence-corrected chi connectivity index (χ1v) is 6.11. The van der Waals surface area contributed by atoms with E-state index < -0.39 is 0 Å². The standard InChI is InChI=1S/C12H25N3O2/c1-4-14-12(10-13)11-15(7-9-17-3)6-5-8-16-2/h12,14H,4-9,11H2,1-3H3. The number of methoxy groups -OCH3 is 2. The molecular formula is C12H25N3O2. The van der Waals surface area contributed by atoms with E-state index in [1.165, 1.54) is 0 Å². The van der Waals surface area contributed by atoms with Crippen LogP contribution >= 0.6 is 0 Å². The van der Waals surface area contributed by atoms with Crippen LogP contribution < -0.4 is 5.32 Å². The number of nitrogens with one attached hydrogen (secondary N) is 1. The van der Waals surface area contributed by atoms with E-state index in [0.717, 1.165) is 39.2 Å². The lowest BCUT2D eigenvalue weighted by Gasteiger charge is -2.24. The van der Waals surface area contributed by atoms with Crippen LogP contribution in [0.25, 0.3) is 0 Å². The number of likely N-dealkylation sites (N-methyl/N-ethyl adjacent to an activating group) is 1. The van der Waals surface area contributed by atoms with Gasteiger partial charge in [0.25, 0.3) is 0 Å². The Morgan fingerprint density at radius 3 is 2.47 bits per heavy atom. The second-order valence-electron chi connectivity index (χ2n) is 3.88. The Morgan fingerprint density at radius 1 is 1.24 bits per heavy atom. The normalized spacial score (nSPS) is 12.6. The van der Waals surface area contributed by atoms with Crippen molar-refractivity contribution in [1.29, 1.82) is 5.26 Å². The zero-order valence-electron chi connectivity index (χ0n) is 11.2. The molecule has 0 bridgehead atoms. The highest BCUT2D eigenvalue weighted by Crippen LogP contribution is 1.96. The van der Waals surface area contributed by atoms with E-state index in [1.54, 1.807) is 14.2 Å². The van der Waals surface area contributed by atoms with Crippen molar-refractivity contribution in [1.82, 2.24) is 10.2 Å². The molecular weight excluding hydrogens is 218 g/mol. The molecule has 1 N–H and O–H groups in total.